The lowest BCUT2D eigenvalue weighted by Gasteiger charge is -2.21. The van der Waals surface area contributed by atoms with Gasteiger partial charge in [0.15, 0.2) is 0 Å². The van der Waals surface area contributed by atoms with Crippen LogP contribution in [0.3, 0.4) is 0 Å². The topological polar surface area (TPSA) is 91.8 Å². The predicted octanol–water partition coefficient (Wildman–Crippen LogP) is 1.65. The summed E-state index contributed by atoms with van der Waals surface area (Å²) in [4.78, 5) is 43.3. The fourth-order valence-corrected chi connectivity index (χ4v) is 2.83. The molecular formula is C17H23BrN4O4. The molecule has 0 radical (unpaired) electrons. The SMILES string of the molecule is CC(C)Oc1ncc(Br)cc1NC(=O)C(=O)N(C)CCN1CCCC1=O. The molecule has 0 unspecified atom stereocenters. The van der Waals surface area contributed by atoms with Gasteiger partial charge in [-0.05, 0) is 42.3 Å². The highest BCUT2D eigenvalue weighted by Crippen LogP contribution is 2.26. The maximum Gasteiger partial charge on any atom is 0.314 e. The number of carbonyl (C=O) groups excluding carboxylic acids is 3. The van der Waals surface area contributed by atoms with Crippen LogP contribution in [0.25, 0.3) is 0 Å². The van der Waals surface area contributed by atoms with Gasteiger partial charge in [-0.25, -0.2) is 4.98 Å². The molecule has 0 aromatic carbocycles. The van der Waals surface area contributed by atoms with Gasteiger partial charge in [0, 0.05) is 43.8 Å². The van der Waals surface area contributed by atoms with E-state index in [1.165, 1.54) is 11.9 Å². The summed E-state index contributed by atoms with van der Waals surface area (Å²) < 4.78 is 6.20. The lowest BCUT2D eigenvalue weighted by atomic mass is 10.3. The Hall–Kier alpha value is -2.16. The third kappa shape index (κ3) is 5.42. The summed E-state index contributed by atoms with van der Waals surface area (Å²) in [6, 6.07) is 1.62. The molecule has 0 bridgehead atoms. The number of amides is 3. The first kappa shape index (κ1) is 20.2. The number of ether oxygens (including phenoxy) is 1. The molecule has 1 aromatic rings. The monoisotopic (exact) mass is 426 g/mol. The van der Waals surface area contributed by atoms with Gasteiger partial charge >= 0.3 is 11.8 Å². The van der Waals surface area contributed by atoms with E-state index in [1.54, 1.807) is 17.2 Å². The number of halogens is 1. The van der Waals surface area contributed by atoms with Gasteiger partial charge in [-0.15, -0.1) is 0 Å². The second kappa shape index (κ2) is 8.98. The molecule has 0 atom stereocenters. The Morgan fingerprint density at radius 3 is 2.81 bits per heavy atom. The van der Waals surface area contributed by atoms with E-state index in [0.717, 1.165) is 6.42 Å². The average molecular weight is 427 g/mol. The van der Waals surface area contributed by atoms with Gasteiger partial charge < -0.3 is 19.9 Å². The molecule has 1 aromatic heterocycles. The van der Waals surface area contributed by atoms with Crippen molar-refractivity contribution in [3.63, 3.8) is 0 Å². The molecule has 0 aliphatic carbocycles. The van der Waals surface area contributed by atoms with E-state index in [9.17, 15) is 14.4 Å². The number of nitrogens with one attached hydrogen (secondary N) is 1. The molecule has 9 heteroatoms. The van der Waals surface area contributed by atoms with E-state index >= 15 is 0 Å². The van der Waals surface area contributed by atoms with Crippen molar-refractivity contribution in [3.8, 4) is 5.88 Å². The smallest absolute Gasteiger partial charge is 0.314 e. The summed E-state index contributed by atoms with van der Waals surface area (Å²) in [6.07, 6.45) is 2.81. The van der Waals surface area contributed by atoms with E-state index in [2.05, 4.69) is 26.2 Å². The number of hydrogen-bond acceptors (Lipinski definition) is 5. The Kier molecular flexibility index (Phi) is 6.96. The molecule has 1 aliphatic heterocycles. The average Bonchev–Trinajstić information content (AvgIpc) is 2.99. The van der Waals surface area contributed by atoms with Crippen LogP contribution in [0, 0.1) is 0 Å². The molecule has 2 heterocycles. The highest BCUT2D eigenvalue weighted by atomic mass is 79.9. The first-order valence-electron chi connectivity index (χ1n) is 8.44. The second-order valence-corrected chi connectivity index (χ2v) is 7.25. The summed E-state index contributed by atoms with van der Waals surface area (Å²) in [5.74, 6) is -1.14. The van der Waals surface area contributed by atoms with Crippen molar-refractivity contribution in [1.29, 1.82) is 0 Å². The number of hydrogen-bond donors (Lipinski definition) is 1. The van der Waals surface area contributed by atoms with Crippen LogP contribution in [0.1, 0.15) is 26.7 Å². The van der Waals surface area contributed by atoms with Crippen molar-refractivity contribution in [2.24, 2.45) is 0 Å². The largest absolute Gasteiger partial charge is 0.473 e. The lowest BCUT2D eigenvalue weighted by Crippen LogP contribution is -2.41. The lowest BCUT2D eigenvalue weighted by molar-refractivity contribution is -0.142. The fraction of sp³-hybridized carbons (Fsp3) is 0.529. The third-order valence-electron chi connectivity index (χ3n) is 3.83. The van der Waals surface area contributed by atoms with Crippen LogP contribution < -0.4 is 10.1 Å². The standard InChI is InChI=1S/C17H23BrN4O4/c1-11(2)26-16-13(9-12(18)10-19-16)20-15(24)17(25)21(3)7-8-22-6-4-5-14(22)23/h9-11H,4-8H2,1-3H3,(H,20,24). The zero-order chi connectivity index (χ0) is 19.3. The minimum absolute atomic E-state index is 0.0889. The molecule has 142 valence electrons. The summed E-state index contributed by atoms with van der Waals surface area (Å²) in [5, 5.41) is 2.55. The Bertz CT molecular complexity index is 695. The molecule has 1 N–H and O–H groups in total. The molecule has 0 spiro atoms. The van der Waals surface area contributed by atoms with Gasteiger partial charge in [-0.2, -0.15) is 0 Å². The third-order valence-corrected chi connectivity index (χ3v) is 4.26. The molecule has 1 saturated heterocycles. The normalized spacial score (nSPS) is 13.9. The van der Waals surface area contributed by atoms with Crippen molar-refractivity contribution < 1.29 is 19.1 Å². The number of rotatable bonds is 6. The molecule has 1 aliphatic rings. The number of nitrogens with zero attached hydrogens (tertiary/aromatic N) is 3. The maximum atomic E-state index is 12.3. The van der Waals surface area contributed by atoms with E-state index in [4.69, 9.17) is 4.74 Å². The Labute approximate surface area is 161 Å². The number of carbonyl (C=O) groups is 3. The van der Waals surface area contributed by atoms with Crippen molar-refractivity contribution in [2.45, 2.75) is 32.8 Å². The van der Waals surface area contributed by atoms with Gasteiger partial charge in [0.25, 0.3) is 0 Å². The minimum Gasteiger partial charge on any atom is -0.473 e. The number of pyridine rings is 1. The van der Waals surface area contributed by atoms with Gasteiger partial charge in [0.1, 0.15) is 5.69 Å². The second-order valence-electron chi connectivity index (χ2n) is 6.34. The number of aromatic nitrogens is 1. The molecular weight excluding hydrogens is 404 g/mol. The van der Waals surface area contributed by atoms with Crippen LogP contribution in [0.4, 0.5) is 5.69 Å². The van der Waals surface area contributed by atoms with Crippen LogP contribution in [-0.4, -0.2) is 65.3 Å². The van der Waals surface area contributed by atoms with Crippen LogP contribution in [0.5, 0.6) is 5.88 Å². The van der Waals surface area contributed by atoms with Gasteiger partial charge in [-0.1, -0.05) is 0 Å². The minimum atomic E-state index is -0.784. The summed E-state index contributed by atoms with van der Waals surface area (Å²) in [6.45, 7) is 5.10. The predicted molar refractivity (Wildman–Crippen MR) is 99.8 cm³/mol. The molecule has 26 heavy (non-hydrogen) atoms. The highest BCUT2D eigenvalue weighted by molar-refractivity contribution is 9.10. The first-order valence-corrected chi connectivity index (χ1v) is 9.23. The van der Waals surface area contributed by atoms with Gasteiger partial charge in [-0.3, -0.25) is 14.4 Å². The van der Waals surface area contributed by atoms with Crippen LogP contribution in [0.2, 0.25) is 0 Å². The van der Waals surface area contributed by atoms with Gasteiger partial charge in [0.2, 0.25) is 11.8 Å². The molecule has 3 amide bonds. The van der Waals surface area contributed by atoms with Crippen LogP contribution in [0.15, 0.2) is 16.7 Å². The van der Waals surface area contributed by atoms with Crippen molar-refractivity contribution in [1.82, 2.24) is 14.8 Å². The van der Waals surface area contributed by atoms with Crippen LogP contribution >= 0.6 is 15.9 Å². The summed E-state index contributed by atoms with van der Waals surface area (Å²) >= 11 is 3.28. The maximum absolute atomic E-state index is 12.3. The van der Waals surface area contributed by atoms with E-state index in [-0.39, 0.29) is 17.9 Å². The number of likely N-dealkylation sites (N-methyl/N-ethyl adjacent to an activating group) is 1. The number of likely N-dealkylation sites (tertiary alicyclic amines) is 1. The van der Waals surface area contributed by atoms with Crippen LogP contribution in [-0.2, 0) is 14.4 Å². The molecule has 1 fully saturated rings. The molecule has 2 rings (SSSR count). The zero-order valence-corrected chi connectivity index (χ0v) is 16.7. The van der Waals surface area contributed by atoms with Gasteiger partial charge in [0.05, 0.1) is 6.10 Å². The Balaban J connectivity index is 1.96. The molecule has 8 nitrogen and oxygen atoms in total. The van der Waals surface area contributed by atoms with E-state index < -0.39 is 11.8 Å². The molecule has 0 saturated carbocycles. The Morgan fingerprint density at radius 1 is 1.46 bits per heavy atom. The summed E-state index contributed by atoms with van der Waals surface area (Å²) in [5.41, 5.74) is 0.314. The van der Waals surface area contributed by atoms with Crippen molar-refractivity contribution in [3.05, 3.63) is 16.7 Å². The van der Waals surface area contributed by atoms with E-state index in [0.29, 0.717) is 36.2 Å². The van der Waals surface area contributed by atoms with E-state index in [1.807, 2.05) is 13.8 Å². The van der Waals surface area contributed by atoms with Crippen molar-refractivity contribution >= 4 is 39.3 Å². The summed E-state index contributed by atoms with van der Waals surface area (Å²) in [7, 11) is 1.53. The number of anilines is 1. The first-order chi connectivity index (χ1) is 12.3. The zero-order valence-electron chi connectivity index (χ0n) is 15.1. The van der Waals surface area contributed by atoms with Crippen molar-refractivity contribution in [2.75, 3.05) is 32.0 Å². The Morgan fingerprint density at radius 2 is 2.19 bits per heavy atom. The fourth-order valence-electron chi connectivity index (χ4n) is 2.50. The quantitative estimate of drug-likeness (QED) is 0.698. The highest BCUT2D eigenvalue weighted by Gasteiger charge is 2.24.